The van der Waals surface area contributed by atoms with E-state index in [1.165, 1.54) is 15.6 Å². The number of rotatable bonds is 6. The normalized spacial score (nSPS) is 12.4. The fourth-order valence-electron chi connectivity index (χ4n) is 2.46. The van der Waals surface area contributed by atoms with Crippen LogP contribution in [-0.2, 0) is 0 Å². The summed E-state index contributed by atoms with van der Waals surface area (Å²) < 4.78 is 7.61. The molecule has 0 spiro atoms. The predicted molar refractivity (Wildman–Crippen MR) is 90.2 cm³/mol. The summed E-state index contributed by atoms with van der Waals surface area (Å²) in [7, 11) is 1.97. The molecule has 0 radical (unpaired) electrons. The fourth-order valence-corrected chi connectivity index (χ4v) is 3.26. The first kappa shape index (κ1) is 14.1. The molecule has 108 valence electrons. The third-order valence-electron chi connectivity index (χ3n) is 3.55. The van der Waals surface area contributed by atoms with E-state index in [-0.39, 0.29) is 6.10 Å². The molecule has 1 aromatic heterocycles. The lowest BCUT2D eigenvalue weighted by Crippen LogP contribution is -2.16. The summed E-state index contributed by atoms with van der Waals surface area (Å²) >= 11 is 1.75. The molecule has 0 saturated heterocycles. The molecule has 1 atom stereocenters. The van der Waals surface area contributed by atoms with Crippen LogP contribution in [-0.4, -0.2) is 13.6 Å². The monoisotopic (exact) mass is 297 g/mol. The number of thiophene rings is 1. The average Bonchev–Trinajstić information content (AvgIpc) is 3.01. The lowest BCUT2D eigenvalue weighted by Gasteiger charge is -2.20. The third-order valence-corrected chi connectivity index (χ3v) is 4.44. The van der Waals surface area contributed by atoms with E-state index in [2.05, 4.69) is 59.2 Å². The summed E-state index contributed by atoms with van der Waals surface area (Å²) in [6.45, 7) is 0.930. The van der Waals surface area contributed by atoms with Gasteiger partial charge >= 0.3 is 0 Å². The summed E-state index contributed by atoms with van der Waals surface area (Å²) in [6, 6.07) is 18.8. The van der Waals surface area contributed by atoms with E-state index in [9.17, 15) is 0 Å². The van der Waals surface area contributed by atoms with Crippen molar-refractivity contribution in [1.82, 2.24) is 5.32 Å². The molecule has 0 aliphatic heterocycles. The van der Waals surface area contributed by atoms with Crippen LogP contribution in [0.15, 0.2) is 60.0 Å². The van der Waals surface area contributed by atoms with Crippen molar-refractivity contribution >= 4 is 21.4 Å². The number of benzene rings is 2. The van der Waals surface area contributed by atoms with Crippen LogP contribution in [0.3, 0.4) is 0 Å². The maximum atomic E-state index is 6.34. The molecule has 0 aliphatic rings. The van der Waals surface area contributed by atoms with Crippen LogP contribution in [0.4, 0.5) is 0 Å². The number of fused-ring (bicyclic) bond motifs is 1. The molecule has 1 N–H and O–H groups in total. The first-order chi connectivity index (χ1) is 10.4. The van der Waals surface area contributed by atoms with Gasteiger partial charge in [-0.15, -0.1) is 11.3 Å². The topological polar surface area (TPSA) is 21.3 Å². The molecule has 3 aromatic rings. The second-order valence-electron chi connectivity index (χ2n) is 5.00. The van der Waals surface area contributed by atoms with Crippen molar-refractivity contribution in [3.63, 3.8) is 0 Å². The Labute approximate surface area is 129 Å². The van der Waals surface area contributed by atoms with Crippen LogP contribution in [0.1, 0.15) is 18.1 Å². The fraction of sp³-hybridized carbons (Fsp3) is 0.222. The molecule has 0 bridgehead atoms. The van der Waals surface area contributed by atoms with Crippen LogP contribution in [0.5, 0.6) is 5.75 Å². The SMILES string of the molecule is CNCC[C@H](Oc1cccc2sccc12)c1ccccc1. The van der Waals surface area contributed by atoms with E-state index < -0.39 is 0 Å². The van der Waals surface area contributed by atoms with Crippen LogP contribution in [0, 0.1) is 0 Å². The van der Waals surface area contributed by atoms with Crippen molar-refractivity contribution in [3.05, 3.63) is 65.5 Å². The molecular formula is C18H19NOS. The number of ether oxygens (including phenoxy) is 1. The van der Waals surface area contributed by atoms with E-state index in [0.717, 1.165) is 18.7 Å². The van der Waals surface area contributed by atoms with E-state index in [1.54, 1.807) is 11.3 Å². The Balaban J connectivity index is 1.89. The maximum absolute atomic E-state index is 6.34. The van der Waals surface area contributed by atoms with Crippen molar-refractivity contribution in [1.29, 1.82) is 0 Å². The molecule has 0 saturated carbocycles. The lowest BCUT2D eigenvalue weighted by molar-refractivity contribution is 0.197. The summed E-state index contributed by atoms with van der Waals surface area (Å²) in [5.41, 5.74) is 1.22. The van der Waals surface area contributed by atoms with Gasteiger partial charge in [-0.05, 0) is 42.7 Å². The first-order valence-corrected chi connectivity index (χ1v) is 8.09. The largest absolute Gasteiger partial charge is 0.485 e. The molecule has 1 heterocycles. The molecule has 3 heteroatoms. The van der Waals surface area contributed by atoms with Gasteiger partial charge < -0.3 is 10.1 Å². The Kier molecular flexibility index (Phi) is 4.53. The minimum Gasteiger partial charge on any atom is -0.485 e. The molecule has 2 aromatic carbocycles. The van der Waals surface area contributed by atoms with E-state index in [1.807, 2.05) is 13.1 Å². The van der Waals surface area contributed by atoms with Gasteiger partial charge in [-0.3, -0.25) is 0 Å². The Morgan fingerprint density at radius 2 is 1.90 bits per heavy atom. The van der Waals surface area contributed by atoms with Crippen molar-refractivity contribution in [2.24, 2.45) is 0 Å². The van der Waals surface area contributed by atoms with Gasteiger partial charge in [-0.25, -0.2) is 0 Å². The Morgan fingerprint density at radius 3 is 2.71 bits per heavy atom. The molecule has 2 nitrogen and oxygen atoms in total. The molecule has 0 aliphatic carbocycles. The Morgan fingerprint density at radius 1 is 1.05 bits per heavy atom. The summed E-state index contributed by atoms with van der Waals surface area (Å²) in [4.78, 5) is 0. The van der Waals surface area contributed by atoms with Gasteiger partial charge in [-0.1, -0.05) is 36.4 Å². The standard InChI is InChI=1S/C18H19NOS/c1-19-12-10-16(14-6-3-2-4-7-14)20-17-8-5-9-18-15(17)11-13-21-18/h2-9,11,13,16,19H,10,12H2,1H3/t16-/m0/s1. The second-order valence-corrected chi connectivity index (χ2v) is 5.95. The van der Waals surface area contributed by atoms with Gasteiger partial charge in [0.15, 0.2) is 0 Å². The van der Waals surface area contributed by atoms with E-state index in [4.69, 9.17) is 4.74 Å². The van der Waals surface area contributed by atoms with Gasteiger partial charge in [0.05, 0.1) is 0 Å². The van der Waals surface area contributed by atoms with Gasteiger partial charge in [0.25, 0.3) is 0 Å². The average molecular weight is 297 g/mol. The Bertz CT molecular complexity index is 693. The lowest BCUT2D eigenvalue weighted by atomic mass is 10.1. The molecule has 0 fully saturated rings. The highest BCUT2D eigenvalue weighted by atomic mass is 32.1. The van der Waals surface area contributed by atoms with Crippen molar-refractivity contribution in [2.75, 3.05) is 13.6 Å². The minimum absolute atomic E-state index is 0.0733. The highest BCUT2D eigenvalue weighted by molar-refractivity contribution is 7.17. The summed E-state index contributed by atoms with van der Waals surface area (Å²) in [6.07, 6.45) is 1.02. The predicted octanol–water partition coefficient (Wildman–Crippen LogP) is 4.63. The van der Waals surface area contributed by atoms with Crippen LogP contribution in [0.25, 0.3) is 10.1 Å². The molecule has 3 rings (SSSR count). The number of nitrogens with one attached hydrogen (secondary N) is 1. The smallest absolute Gasteiger partial charge is 0.128 e. The van der Waals surface area contributed by atoms with Crippen molar-refractivity contribution < 1.29 is 4.74 Å². The van der Waals surface area contributed by atoms with Crippen molar-refractivity contribution in [3.8, 4) is 5.75 Å². The van der Waals surface area contributed by atoms with Crippen LogP contribution < -0.4 is 10.1 Å². The van der Waals surface area contributed by atoms with Crippen molar-refractivity contribution in [2.45, 2.75) is 12.5 Å². The zero-order valence-electron chi connectivity index (χ0n) is 12.1. The van der Waals surface area contributed by atoms with E-state index >= 15 is 0 Å². The summed E-state index contributed by atoms with van der Waals surface area (Å²) in [5, 5.41) is 6.52. The first-order valence-electron chi connectivity index (χ1n) is 7.21. The maximum Gasteiger partial charge on any atom is 0.128 e. The highest BCUT2D eigenvalue weighted by Gasteiger charge is 2.14. The quantitative estimate of drug-likeness (QED) is 0.716. The Hall–Kier alpha value is -1.84. The second kappa shape index (κ2) is 6.74. The van der Waals surface area contributed by atoms with Gasteiger partial charge in [0.1, 0.15) is 11.9 Å². The minimum atomic E-state index is 0.0733. The number of hydrogen-bond acceptors (Lipinski definition) is 3. The molecular weight excluding hydrogens is 278 g/mol. The van der Waals surface area contributed by atoms with E-state index in [0.29, 0.717) is 0 Å². The third kappa shape index (κ3) is 3.26. The van der Waals surface area contributed by atoms with Gasteiger partial charge in [0, 0.05) is 16.5 Å². The van der Waals surface area contributed by atoms with Gasteiger partial charge in [0.2, 0.25) is 0 Å². The van der Waals surface area contributed by atoms with Crippen LogP contribution >= 0.6 is 11.3 Å². The molecule has 21 heavy (non-hydrogen) atoms. The highest BCUT2D eigenvalue weighted by Crippen LogP contribution is 2.33. The zero-order chi connectivity index (χ0) is 14.5. The molecule has 0 unspecified atom stereocenters. The molecule has 0 amide bonds. The zero-order valence-corrected chi connectivity index (χ0v) is 12.9. The van der Waals surface area contributed by atoms with Gasteiger partial charge in [-0.2, -0.15) is 0 Å². The van der Waals surface area contributed by atoms with Crippen LogP contribution in [0.2, 0.25) is 0 Å². The summed E-state index contributed by atoms with van der Waals surface area (Å²) in [5.74, 6) is 0.971. The number of hydrogen-bond donors (Lipinski definition) is 1.